The predicted octanol–water partition coefficient (Wildman–Crippen LogP) is 5.39. The molecule has 15 heteroatoms. The third-order valence-corrected chi connectivity index (χ3v) is 13.5. The van der Waals surface area contributed by atoms with E-state index < -0.39 is 47.2 Å². The van der Waals surface area contributed by atoms with E-state index in [-0.39, 0.29) is 37.3 Å². The van der Waals surface area contributed by atoms with Crippen LogP contribution in [0.1, 0.15) is 76.3 Å². The first-order valence-corrected chi connectivity index (χ1v) is 24.3. The molecule has 2 aromatic heterocycles. The molecule has 4 atom stereocenters. The molecule has 15 nitrogen and oxygen atoms in total. The van der Waals surface area contributed by atoms with E-state index in [1.807, 2.05) is 51.9 Å². The lowest BCUT2D eigenvalue weighted by Gasteiger charge is -2.37. The Hall–Kier alpha value is -6.08. The Bertz CT molecular complexity index is 2640. The minimum atomic E-state index is -1.06. The molecule has 0 radical (unpaired) electrons. The second kappa shape index (κ2) is 21.7. The number of ether oxygens (including phenoxy) is 2. The van der Waals surface area contributed by atoms with Crippen molar-refractivity contribution in [3.63, 3.8) is 0 Å². The number of fused-ring (bicyclic) bond motifs is 6. The van der Waals surface area contributed by atoms with Crippen molar-refractivity contribution in [1.29, 1.82) is 0 Å². The van der Waals surface area contributed by atoms with Gasteiger partial charge in [0, 0.05) is 74.8 Å². The van der Waals surface area contributed by atoms with Crippen LogP contribution >= 0.6 is 0 Å². The molecule has 2 aromatic carbocycles. The van der Waals surface area contributed by atoms with E-state index in [1.54, 1.807) is 25.3 Å². The molecular formula is C54H70N8O7. The number of cyclic esters (lactones) is 1. The number of nitrogens with one attached hydrogen (secondary N) is 2. The lowest BCUT2D eigenvalue weighted by atomic mass is 9.84. The summed E-state index contributed by atoms with van der Waals surface area (Å²) >= 11 is 0. The number of aryl methyl sites for hydroxylation is 2. The van der Waals surface area contributed by atoms with Crippen LogP contribution in [-0.2, 0) is 59.4 Å². The zero-order valence-electron chi connectivity index (χ0n) is 42.1. The van der Waals surface area contributed by atoms with Crippen molar-refractivity contribution < 1.29 is 33.4 Å². The number of carbonyl (C=O) groups excluding carboxylic acids is 5. The van der Waals surface area contributed by atoms with Crippen LogP contribution in [0, 0.1) is 36.0 Å². The normalized spacial score (nSPS) is 20.0. The van der Waals surface area contributed by atoms with E-state index >= 15 is 0 Å². The lowest BCUT2D eigenvalue weighted by Crippen LogP contribution is -2.62. The molecule has 0 unspecified atom stereocenters. The smallest absolute Gasteiger partial charge is 0.324 e. The van der Waals surface area contributed by atoms with Gasteiger partial charge < -0.3 is 29.2 Å². The molecule has 4 amide bonds. The number of hydrogen-bond donors (Lipinski definition) is 2. The maximum Gasteiger partial charge on any atom is 0.324 e. The van der Waals surface area contributed by atoms with Crippen LogP contribution in [0.5, 0.6) is 0 Å². The summed E-state index contributed by atoms with van der Waals surface area (Å²) in [4.78, 5) is 80.1. The zero-order valence-corrected chi connectivity index (χ0v) is 42.1. The summed E-state index contributed by atoms with van der Waals surface area (Å²) < 4.78 is 14.1. The Morgan fingerprint density at radius 1 is 1.04 bits per heavy atom. The van der Waals surface area contributed by atoms with E-state index in [2.05, 4.69) is 84.3 Å². The minimum Gasteiger partial charge on any atom is -0.464 e. The van der Waals surface area contributed by atoms with Gasteiger partial charge in [0.05, 0.1) is 37.1 Å². The standard InChI is InChI=1S/C54H70N8O7/c1-11-61-46-19-18-37-29-41(46)42(49(61)40-15-12-21-55-45(40)32-68-10)30-54(5,6)33-69-53(67)43-16-13-23-62(57-43)52(66)44(28-36-25-35(4)26-39(37)27-36)56-50(64)48(34(2)3)59(9)51(65)38-20-24-60(31-38)47(63)17-14-22-58(7)8/h12,15,18-19,21,25-27,29,34,38,43-44,48,57H,11,13,16,20,22-24,28,30-33H2,1-10H3,(H,56,64)/t38-,43-,44-,48-/m0/s1. The Kier molecular flexibility index (Phi) is 16.0. The first-order valence-electron chi connectivity index (χ1n) is 24.3. The van der Waals surface area contributed by atoms with E-state index in [9.17, 15) is 24.0 Å². The molecular weight excluding hydrogens is 873 g/mol. The summed E-state index contributed by atoms with van der Waals surface area (Å²) in [5.41, 5.74) is 11.5. The number of amides is 4. The molecule has 0 saturated carbocycles. The maximum atomic E-state index is 14.8. The highest BCUT2D eigenvalue weighted by molar-refractivity contribution is 5.97. The topological polar surface area (TPSA) is 159 Å². The molecule has 69 heavy (non-hydrogen) atoms. The van der Waals surface area contributed by atoms with Gasteiger partial charge in [0.25, 0.3) is 11.8 Å². The second-order valence-electron chi connectivity index (χ2n) is 20.4. The van der Waals surface area contributed by atoms with Gasteiger partial charge in [-0.1, -0.05) is 63.4 Å². The molecule has 4 aromatic rings. The Labute approximate surface area is 407 Å². The van der Waals surface area contributed by atoms with Crippen molar-refractivity contribution in [2.24, 2.45) is 17.3 Å². The fourth-order valence-electron chi connectivity index (χ4n) is 10.2. The summed E-state index contributed by atoms with van der Waals surface area (Å²) in [6, 6.07) is 14.1. The molecule has 7 rings (SSSR count). The quantitative estimate of drug-likeness (QED) is 0.156. The molecule has 368 valence electrons. The molecule has 5 heterocycles. The highest BCUT2D eigenvalue weighted by atomic mass is 16.5. The van der Waals surface area contributed by atoms with Crippen LogP contribution in [0.25, 0.3) is 33.3 Å². The van der Waals surface area contributed by atoms with Gasteiger partial charge in [-0.05, 0) is 112 Å². The van der Waals surface area contributed by atoms with E-state index in [4.69, 9.17) is 14.5 Å². The number of methoxy groups -OCH3 is 1. The average molecular weight is 943 g/mol. The van der Waals surface area contributed by atoms with Crippen LogP contribution < -0.4 is 10.7 Å². The van der Waals surface area contributed by atoms with Crippen molar-refractivity contribution in [3.05, 3.63) is 77.1 Å². The van der Waals surface area contributed by atoms with Gasteiger partial charge in [0.2, 0.25) is 11.8 Å². The summed E-state index contributed by atoms with van der Waals surface area (Å²) in [5.74, 6) is 2.83. The summed E-state index contributed by atoms with van der Waals surface area (Å²) in [7, 11) is 7.04. The van der Waals surface area contributed by atoms with Crippen LogP contribution in [-0.4, -0.2) is 138 Å². The number of likely N-dealkylation sites (tertiary alicyclic amines) is 1. The van der Waals surface area contributed by atoms with Gasteiger partial charge in [-0.2, -0.15) is 0 Å². The summed E-state index contributed by atoms with van der Waals surface area (Å²) in [5, 5.41) is 5.61. The van der Waals surface area contributed by atoms with Crippen molar-refractivity contribution >= 4 is 40.5 Å². The molecule has 3 aliphatic heterocycles. The first-order chi connectivity index (χ1) is 32.9. The molecule has 3 aliphatic rings. The fraction of sp³-hybridized carbons (Fsp3) is 0.519. The lowest BCUT2D eigenvalue weighted by molar-refractivity contribution is -0.155. The molecule has 2 N–H and O–H groups in total. The fourth-order valence-corrected chi connectivity index (χ4v) is 10.2. The number of hydrazine groups is 1. The second-order valence-corrected chi connectivity index (χ2v) is 20.4. The van der Waals surface area contributed by atoms with E-state index in [1.165, 1.54) is 9.91 Å². The number of aromatic nitrogens is 2. The third kappa shape index (κ3) is 11.5. The predicted molar refractivity (Wildman–Crippen MR) is 266 cm³/mol. The zero-order chi connectivity index (χ0) is 49.7. The number of likely N-dealkylation sites (N-methyl/N-ethyl adjacent to an activating group) is 1. The highest BCUT2D eigenvalue weighted by Gasteiger charge is 2.40. The monoisotopic (exact) mass is 943 g/mol. The Morgan fingerprint density at radius 3 is 2.55 bits per heavy atom. The summed E-state index contributed by atoms with van der Waals surface area (Å²) in [6.07, 6.45) is 3.99. The van der Waals surface area contributed by atoms with Crippen molar-refractivity contribution in [2.45, 2.75) is 105 Å². The van der Waals surface area contributed by atoms with E-state index in [0.717, 1.165) is 55.7 Å². The molecule has 6 bridgehead atoms. The highest BCUT2D eigenvalue weighted by Crippen LogP contribution is 2.41. The average Bonchev–Trinajstić information content (AvgIpc) is 3.93. The summed E-state index contributed by atoms with van der Waals surface area (Å²) in [6.45, 7) is 14.7. The van der Waals surface area contributed by atoms with Gasteiger partial charge in [0.15, 0.2) is 0 Å². The van der Waals surface area contributed by atoms with Crippen LogP contribution in [0.4, 0.5) is 0 Å². The number of benzene rings is 2. The van der Waals surface area contributed by atoms with Gasteiger partial charge in [-0.15, -0.1) is 0 Å². The van der Waals surface area contributed by atoms with Crippen molar-refractivity contribution in [1.82, 2.24) is 40.0 Å². The van der Waals surface area contributed by atoms with Gasteiger partial charge in [-0.25, -0.2) is 5.43 Å². The van der Waals surface area contributed by atoms with Crippen molar-refractivity contribution in [2.75, 3.05) is 61.0 Å². The van der Waals surface area contributed by atoms with Gasteiger partial charge in [-0.3, -0.25) is 38.9 Å². The molecule has 2 saturated heterocycles. The van der Waals surface area contributed by atoms with Crippen molar-refractivity contribution in [3.8, 4) is 34.2 Å². The SMILES string of the molecule is CCn1c(-c2cccnc2COC)c2c3cc(ccc31)-c1cc(C)cc(c1)C[C@H](NC(=O)[C@H](C(C)C)N(C)C(=O)[C@H]1CCN(C(=O)C#CCN(C)C)C1)C(=O)N1CCC[C@H](N1)C(=O)OCC(C)(C)C2. The van der Waals surface area contributed by atoms with Gasteiger partial charge >= 0.3 is 5.97 Å². The molecule has 0 aliphatic carbocycles. The first kappa shape index (κ1) is 50.8. The maximum absolute atomic E-state index is 14.8. The minimum absolute atomic E-state index is 0.136. The van der Waals surface area contributed by atoms with Crippen LogP contribution in [0.15, 0.2) is 54.7 Å². The molecule has 0 spiro atoms. The number of rotatable bonds is 10. The largest absolute Gasteiger partial charge is 0.464 e. The number of hydrogen-bond acceptors (Lipinski definition) is 10. The van der Waals surface area contributed by atoms with Crippen LogP contribution in [0.2, 0.25) is 0 Å². The Morgan fingerprint density at radius 2 is 1.83 bits per heavy atom. The number of pyridine rings is 1. The number of nitrogens with zero attached hydrogens (tertiary/aromatic N) is 6. The number of esters is 1. The van der Waals surface area contributed by atoms with Gasteiger partial charge in [0.1, 0.15) is 18.1 Å². The van der Waals surface area contributed by atoms with Crippen LogP contribution in [0.3, 0.4) is 0 Å². The van der Waals surface area contributed by atoms with E-state index in [0.29, 0.717) is 58.5 Å². The number of carbonyl (C=O) groups is 5. The molecule has 2 fully saturated rings. The Balaban J connectivity index is 1.26. The third-order valence-electron chi connectivity index (χ3n) is 13.5.